The molecule has 0 aliphatic rings. The second kappa shape index (κ2) is 11.1. The smallest absolute Gasteiger partial charge is 0.147 e. The van der Waals surface area contributed by atoms with Crippen LogP contribution in [-0.2, 0) is 36.2 Å². The first-order valence-electron chi connectivity index (χ1n) is 13.0. The van der Waals surface area contributed by atoms with E-state index in [0.29, 0.717) is 18.5 Å². The SMILES string of the molecule is CN=S(C)(=O)c1c(F)ccc(-c2ccc3ncc(CNC)n3c2)c1OCCc1c(CC(C)(C)C)nn(C)c1C. The molecule has 0 bridgehead atoms. The number of hydrogen-bond acceptors (Lipinski definition) is 6. The number of rotatable bonds is 9. The Kier molecular flexibility index (Phi) is 8.18. The minimum absolute atomic E-state index is 0.0125. The van der Waals surface area contributed by atoms with Crippen molar-refractivity contribution in [3.8, 4) is 16.9 Å². The van der Waals surface area contributed by atoms with Crippen LogP contribution in [0.1, 0.15) is 43.4 Å². The maximum Gasteiger partial charge on any atom is 0.147 e. The van der Waals surface area contributed by atoms with Crippen LogP contribution in [0.15, 0.2) is 45.9 Å². The Hall–Kier alpha value is -3.24. The van der Waals surface area contributed by atoms with Gasteiger partial charge in [-0.3, -0.25) is 4.68 Å². The van der Waals surface area contributed by atoms with Crippen LogP contribution in [0.2, 0.25) is 0 Å². The molecule has 8 nitrogen and oxygen atoms in total. The lowest BCUT2D eigenvalue weighted by Gasteiger charge is -2.19. The Morgan fingerprint density at radius 3 is 2.62 bits per heavy atom. The Morgan fingerprint density at radius 2 is 1.95 bits per heavy atom. The number of fused-ring (bicyclic) bond motifs is 1. The molecule has 0 spiro atoms. The van der Waals surface area contributed by atoms with Gasteiger partial charge < -0.3 is 14.5 Å². The van der Waals surface area contributed by atoms with E-state index in [2.05, 4.69) is 35.4 Å². The van der Waals surface area contributed by atoms with Gasteiger partial charge in [0.05, 0.1) is 33.9 Å². The minimum Gasteiger partial charge on any atom is -0.491 e. The molecule has 210 valence electrons. The van der Waals surface area contributed by atoms with Gasteiger partial charge in [-0.15, -0.1) is 0 Å². The third-order valence-electron chi connectivity index (χ3n) is 6.88. The first kappa shape index (κ1) is 28.8. The zero-order valence-electron chi connectivity index (χ0n) is 24.1. The average Bonchev–Trinajstić information content (AvgIpc) is 3.38. The van der Waals surface area contributed by atoms with Gasteiger partial charge in [-0.05, 0) is 55.6 Å². The summed E-state index contributed by atoms with van der Waals surface area (Å²) in [6.07, 6.45) is 6.63. The molecule has 1 atom stereocenters. The molecule has 39 heavy (non-hydrogen) atoms. The van der Waals surface area contributed by atoms with Crippen LogP contribution in [0.25, 0.3) is 16.8 Å². The summed E-state index contributed by atoms with van der Waals surface area (Å²) in [6.45, 7) is 9.52. The molecular weight excluding hydrogens is 515 g/mol. The Labute approximate surface area is 230 Å². The molecule has 3 heterocycles. The van der Waals surface area contributed by atoms with Crippen molar-refractivity contribution in [1.29, 1.82) is 0 Å². The molecular formula is C29H39FN6O2S. The summed E-state index contributed by atoms with van der Waals surface area (Å²) in [5.41, 5.74) is 6.55. The number of nitrogens with one attached hydrogen (secondary N) is 1. The summed E-state index contributed by atoms with van der Waals surface area (Å²) in [6, 6.07) is 6.84. The van der Waals surface area contributed by atoms with E-state index in [9.17, 15) is 4.21 Å². The predicted molar refractivity (Wildman–Crippen MR) is 154 cm³/mol. The van der Waals surface area contributed by atoms with Gasteiger partial charge in [-0.25, -0.2) is 17.9 Å². The molecule has 4 aromatic rings. The number of nitrogens with zero attached hydrogens (tertiary/aromatic N) is 5. The lowest BCUT2D eigenvalue weighted by molar-refractivity contribution is 0.310. The highest BCUT2D eigenvalue weighted by Crippen LogP contribution is 2.39. The fourth-order valence-electron chi connectivity index (χ4n) is 4.80. The number of imidazole rings is 1. The van der Waals surface area contributed by atoms with Crippen molar-refractivity contribution in [2.75, 3.05) is 27.0 Å². The van der Waals surface area contributed by atoms with E-state index < -0.39 is 15.5 Å². The van der Waals surface area contributed by atoms with Gasteiger partial charge in [0.15, 0.2) is 0 Å². The van der Waals surface area contributed by atoms with E-state index in [1.807, 2.05) is 54.6 Å². The summed E-state index contributed by atoms with van der Waals surface area (Å²) < 4.78 is 43.1. The normalized spacial score (nSPS) is 13.6. The molecule has 0 saturated heterocycles. The van der Waals surface area contributed by atoms with E-state index in [4.69, 9.17) is 9.84 Å². The van der Waals surface area contributed by atoms with Gasteiger partial charge in [-0.1, -0.05) is 20.8 Å². The number of aromatic nitrogens is 4. The van der Waals surface area contributed by atoms with E-state index in [1.165, 1.54) is 19.4 Å². The van der Waals surface area contributed by atoms with E-state index in [0.717, 1.165) is 40.3 Å². The Balaban J connectivity index is 1.78. The molecule has 0 aliphatic carbocycles. The summed E-state index contributed by atoms with van der Waals surface area (Å²) in [4.78, 5) is 4.46. The number of pyridine rings is 1. The summed E-state index contributed by atoms with van der Waals surface area (Å²) >= 11 is 0. The number of aryl methyl sites for hydroxylation is 1. The maximum atomic E-state index is 15.3. The van der Waals surface area contributed by atoms with E-state index in [-0.39, 0.29) is 22.7 Å². The third-order valence-corrected chi connectivity index (χ3v) is 8.71. The predicted octanol–water partition coefficient (Wildman–Crippen LogP) is 5.20. The lowest BCUT2D eigenvalue weighted by Crippen LogP contribution is -2.13. The number of ether oxygens (including phenoxy) is 1. The van der Waals surface area contributed by atoms with Crippen molar-refractivity contribution in [2.24, 2.45) is 16.8 Å². The summed E-state index contributed by atoms with van der Waals surface area (Å²) in [5, 5.41) is 7.90. The van der Waals surface area contributed by atoms with Crippen LogP contribution in [0, 0.1) is 18.2 Å². The molecule has 0 fully saturated rings. The van der Waals surface area contributed by atoms with Crippen molar-refractivity contribution < 1.29 is 13.3 Å². The highest BCUT2D eigenvalue weighted by Gasteiger charge is 2.24. The average molecular weight is 555 g/mol. The molecule has 1 unspecified atom stereocenters. The zero-order chi connectivity index (χ0) is 28.5. The topological polar surface area (TPSA) is 85.8 Å². The molecule has 4 rings (SSSR count). The van der Waals surface area contributed by atoms with Gasteiger partial charge >= 0.3 is 0 Å². The fraction of sp³-hybridized carbons (Fsp3) is 0.448. The van der Waals surface area contributed by atoms with Crippen LogP contribution in [0.4, 0.5) is 4.39 Å². The van der Waals surface area contributed by atoms with Crippen molar-refractivity contribution in [3.63, 3.8) is 0 Å². The molecule has 0 amide bonds. The quantitative estimate of drug-likeness (QED) is 0.307. The molecule has 1 N–H and O–H groups in total. The van der Waals surface area contributed by atoms with Crippen molar-refractivity contribution in [3.05, 3.63) is 65.1 Å². The fourth-order valence-corrected chi connectivity index (χ4v) is 5.93. The lowest BCUT2D eigenvalue weighted by atomic mass is 9.88. The highest BCUT2D eigenvalue weighted by atomic mass is 32.2. The molecule has 10 heteroatoms. The molecule has 1 aromatic carbocycles. The van der Waals surface area contributed by atoms with Crippen LogP contribution < -0.4 is 10.1 Å². The van der Waals surface area contributed by atoms with Crippen molar-refractivity contribution >= 4 is 15.4 Å². The molecule has 0 radical (unpaired) electrons. The second-order valence-corrected chi connectivity index (χ2v) is 13.5. The van der Waals surface area contributed by atoms with E-state index >= 15 is 4.39 Å². The zero-order valence-corrected chi connectivity index (χ0v) is 24.9. The highest BCUT2D eigenvalue weighted by molar-refractivity contribution is 7.93. The standard InChI is InChI=1S/C29H39FN6O2S/c1-19-22(25(34-35(19)7)15-29(2,3)4)13-14-38-27-23(10-11-24(30)28(27)39(8,37)32-6)20-9-12-26-33-17-21(16-31-5)36(26)18-20/h9-12,17-18,31H,13-16H2,1-8H3. The number of halogens is 1. The van der Waals surface area contributed by atoms with Gasteiger partial charge in [0, 0.05) is 56.3 Å². The van der Waals surface area contributed by atoms with Gasteiger partial charge in [-0.2, -0.15) is 5.10 Å². The third kappa shape index (κ3) is 6.01. The molecule has 0 saturated carbocycles. The second-order valence-electron chi connectivity index (χ2n) is 11.1. The van der Waals surface area contributed by atoms with E-state index in [1.54, 1.807) is 6.07 Å². The van der Waals surface area contributed by atoms with Crippen LogP contribution in [0.5, 0.6) is 5.75 Å². The summed E-state index contributed by atoms with van der Waals surface area (Å²) in [7, 11) is 2.22. The van der Waals surface area contributed by atoms with Crippen LogP contribution in [0.3, 0.4) is 0 Å². The largest absolute Gasteiger partial charge is 0.491 e. The number of benzene rings is 1. The Morgan fingerprint density at radius 1 is 1.21 bits per heavy atom. The maximum absolute atomic E-state index is 15.3. The van der Waals surface area contributed by atoms with Crippen LogP contribution >= 0.6 is 0 Å². The molecule has 3 aromatic heterocycles. The summed E-state index contributed by atoms with van der Waals surface area (Å²) in [5.74, 6) is -0.348. The molecule has 0 aliphatic heterocycles. The van der Waals surface area contributed by atoms with Crippen molar-refractivity contribution in [1.82, 2.24) is 24.5 Å². The van der Waals surface area contributed by atoms with Gasteiger partial charge in [0.2, 0.25) is 0 Å². The van der Waals surface area contributed by atoms with Gasteiger partial charge in [0.25, 0.3) is 0 Å². The minimum atomic E-state index is -3.04. The van der Waals surface area contributed by atoms with Crippen LogP contribution in [-0.4, -0.2) is 50.3 Å². The first-order chi connectivity index (χ1) is 18.4. The first-order valence-corrected chi connectivity index (χ1v) is 15.0. The number of hydrogen-bond donors (Lipinski definition) is 1. The Bertz CT molecular complexity index is 1620. The van der Waals surface area contributed by atoms with Crippen molar-refractivity contribution in [2.45, 2.75) is 52.0 Å². The monoisotopic (exact) mass is 554 g/mol. The van der Waals surface area contributed by atoms with Gasteiger partial charge in [0.1, 0.15) is 22.1 Å².